The molecule has 0 bridgehead atoms. The molecule has 4 aromatic rings. The number of nitrogens with one attached hydrogen (secondary N) is 1. The van der Waals surface area contributed by atoms with Crippen LogP contribution in [0.2, 0.25) is 0 Å². The van der Waals surface area contributed by atoms with Gasteiger partial charge in [0.15, 0.2) is 0 Å². The molecule has 0 amide bonds. The number of aromatic nitrogens is 2. The third-order valence-corrected chi connectivity index (χ3v) is 8.34. The summed E-state index contributed by atoms with van der Waals surface area (Å²) in [4.78, 5) is 0. The quantitative estimate of drug-likeness (QED) is 0.182. The van der Waals surface area contributed by atoms with Crippen molar-refractivity contribution in [2.24, 2.45) is 14.1 Å². The van der Waals surface area contributed by atoms with Gasteiger partial charge in [-0.25, -0.2) is 8.42 Å². The lowest BCUT2D eigenvalue weighted by molar-refractivity contribution is -0.137. The Morgan fingerprint density at radius 3 is 1.57 bits per heavy atom. The van der Waals surface area contributed by atoms with E-state index in [1.54, 1.807) is 7.05 Å². The van der Waals surface area contributed by atoms with Crippen molar-refractivity contribution in [1.82, 2.24) is 9.13 Å². The fourth-order valence-corrected chi connectivity index (χ4v) is 4.85. The van der Waals surface area contributed by atoms with Crippen LogP contribution in [0.1, 0.15) is 36.4 Å². The number of sulfonamides is 1. The number of anilines is 2. The molecule has 232 valence electrons. The first kappa shape index (κ1) is 33.6. The van der Waals surface area contributed by atoms with Crippen molar-refractivity contribution >= 4 is 21.4 Å². The molecule has 15 heteroatoms. The van der Waals surface area contributed by atoms with Gasteiger partial charge in [0.05, 0.1) is 16.4 Å². The van der Waals surface area contributed by atoms with Crippen molar-refractivity contribution in [3.63, 3.8) is 0 Å². The predicted octanol–water partition coefficient (Wildman–Crippen LogP) is 6.90. The van der Waals surface area contributed by atoms with Gasteiger partial charge in [-0.2, -0.15) is 36.9 Å². The third-order valence-electron chi connectivity index (χ3n) is 6.58. The van der Waals surface area contributed by atoms with E-state index in [2.05, 4.69) is 4.72 Å². The maximum Gasteiger partial charge on any atom is 0.417 e. The summed E-state index contributed by atoms with van der Waals surface area (Å²) in [6.45, 7) is 2.85. The van der Waals surface area contributed by atoms with Gasteiger partial charge in [-0.15, -0.1) is 0 Å². The van der Waals surface area contributed by atoms with Crippen molar-refractivity contribution in [1.29, 1.82) is 10.5 Å². The maximum atomic E-state index is 13.5. The third kappa shape index (κ3) is 7.18. The second kappa shape index (κ2) is 12.4. The summed E-state index contributed by atoms with van der Waals surface area (Å²) in [5.41, 5.74) is 4.41. The van der Waals surface area contributed by atoms with E-state index in [-0.39, 0.29) is 33.9 Å². The Kier molecular flexibility index (Phi) is 9.46. The lowest BCUT2D eigenvalue weighted by Crippen LogP contribution is -2.22. The minimum absolute atomic E-state index is 0.00528. The highest BCUT2D eigenvalue weighted by Gasteiger charge is 2.36. The molecular weight excluding hydrogens is 610 g/mol. The number of benzene rings is 2. The van der Waals surface area contributed by atoms with Crippen LogP contribution in [0.25, 0.3) is 22.5 Å². The molecule has 44 heavy (non-hydrogen) atoms. The lowest BCUT2D eigenvalue weighted by Gasteiger charge is -2.17. The number of hydrogen-bond donors (Lipinski definition) is 2. The van der Waals surface area contributed by atoms with Crippen LogP contribution in [-0.4, -0.2) is 22.8 Å². The fourth-order valence-electron chi connectivity index (χ4n) is 4.16. The molecule has 0 aliphatic rings. The van der Waals surface area contributed by atoms with E-state index in [1.807, 2.05) is 12.1 Å². The summed E-state index contributed by atoms with van der Waals surface area (Å²) in [7, 11) is -0.729. The molecule has 0 saturated heterocycles. The zero-order valence-electron chi connectivity index (χ0n) is 23.7. The van der Waals surface area contributed by atoms with Crippen LogP contribution >= 0.6 is 0 Å². The van der Waals surface area contributed by atoms with Gasteiger partial charge in [0, 0.05) is 48.0 Å². The van der Waals surface area contributed by atoms with Crippen LogP contribution < -0.4 is 10.5 Å². The van der Waals surface area contributed by atoms with Crippen molar-refractivity contribution in [3.8, 4) is 34.7 Å². The molecule has 2 heterocycles. The molecule has 4 rings (SSSR count). The second-order valence-corrected chi connectivity index (χ2v) is 12.0. The minimum Gasteiger partial charge on any atom is -0.399 e. The zero-order valence-corrected chi connectivity index (χ0v) is 24.5. The van der Waals surface area contributed by atoms with Crippen LogP contribution in [-0.2, 0) is 36.5 Å². The van der Waals surface area contributed by atoms with Gasteiger partial charge in [0.1, 0.15) is 23.5 Å². The maximum absolute atomic E-state index is 13.5. The van der Waals surface area contributed by atoms with E-state index in [0.29, 0.717) is 11.4 Å². The second-order valence-electron chi connectivity index (χ2n) is 9.81. The van der Waals surface area contributed by atoms with Gasteiger partial charge in [-0.05, 0) is 62.4 Å². The first-order valence-electron chi connectivity index (χ1n) is 12.6. The Bertz CT molecular complexity index is 1870. The van der Waals surface area contributed by atoms with Crippen molar-refractivity contribution in [2.45, 2.75) is 31.5 Å². The van der Waals surface area contributed by atoms with Crippen LogP contribution in [0.15, 0.2) is 60.7 Å². The number of nitrogens with zero attached hydrogens (tertiary/aromatic N) is 4. The van der Waals surface area contributed by atoms with E-state index in [1.165, 1.54) is 78.6 Å². The average Bonchev–Trinajstić information content (AvgIpc) is 3.49. The molecule has 2 aromatic carbocycles. The molecular formula is C29H26F6N6O2S. The average molecular weight is 637 g/mol. The number of nitrogens with two attached hydrogens (primary N) is 1. The molecule has 8 nitrogen and oxygen atoms in total. The monoisotopic (exact) mass is 636 g/mol. The van der Waals surface area contributed by atoms with Crippen molar-refractivity contribution < 1.29 is 34.8 Å². The van der Waals surface area contributed by atoms with Gasteiger partial charge in [-0.3, -0.25) is 4.72 Å². The van der Waals surface area contributed by atoms with Gasteiger partial charge < -0.3 is 14.9 Å². The number of rotatable bonds is 5. The van der Waals surface area contributed by atoms with Gasteiger partial charge in [-0.1, -0.05) is 12.1 Å². The summed E-state index contributed by atoms with van der Waals surface area (Å²) in [5.74, 6) is 0. The molecule has 0 saturated carbocycles. The molecule has 3 N–H and O–H groups in total. The Morgan fingerprint density at radius 1 is 0.750 bits per heavy atom. The van der Waals surface area contributed by atoms with E-state index in [9.17, 15) is 34.8 Å². The molecule has 0 spiro atoms. The first-order chi connectivity index (χ1) is 20.3. The van der Waals surface area contributed by atoms with Crippen LogP contribution in [0, 0.1) is 22.7 Å². The van der Waals surface area contributed by atoms with E-state index in [0.717, 1.165) is 12.1 Å². The molecule has 0 unspecified atom stereocenters. The summed E-state index contributed by atoms with van der Waals surface area (Å²) in [6, 6.07) is 16.4. The fraction of sp³-hybridized carbons (Fsp3) is 0.241. The predicted molar refractivity (Wildman–Crippen MR) is 153 cm³/mol. The molecule has 0 fully saturated rings. The molecule has 0 aliphatic carbocycles. The molecule has 0 atom stereocenters. The summed E-state index contributed by atoms with van der Waals surface area (Å²) >= 11 is 0. The highest BCUT2D eigenvalue weighted by molar-refractivity contribution is 7.93. The summed E-state index contributed by atoms with van der Waals surface area (Å²) in [5, 5.41) is 17.0. The number of nitriles is 2. The van der Waals surface area contributed by atoms with Crippen molar-refractivity contribution in [2.75, 3.05) is 10.5 Å². The Hall–Kier alpha value is -4.89. The standard InChI is InChI=1S/C16H16F3N3O2S.C13H10F3N3/c1-10(2)25(23,24)21-11-4-6-13(14(8-11)16(17,18)19)15-7-5-12(9-20)22(15)3;1-19-9(7-17)3-5-12(19)10-4-2-8(18)6-11(10)13(14,15)16/h4-8,10,21H,1-3H3;2-6H,18H2,1H3. The van der Waals surface area contributed by atoms with Crippen molar-refractivity contribution in [3.05, 3.63) is 83.2 Å². The van der Waals surface area contributed by atoms with E-state index >= 15 is 0 Å². The summed E-state index contributed by atoms with van der Waals surface area (Å²) < 4.78 is 108. The van der Waals surface area contributed by atoms with Gasteiger partial charge in [0.25, 0.3) is 0 Å². The topological polar surface area (TPSA) is 130 Å². The van der Waals surface area contributed by atoms with E-state index in [4.69, 9.17) is 16.3 Å². The SMILES string of the molecule is CC(C)S(=O)(=O)Nc1ccc(-c2ccc(C#N)n2C)c(C(F)(F)F)c1.Cn1c(C#N)ccc1-c1ccc(N)cc1C(F)(F)F. The highest BCUT2D eigenvalue weighted by Crippen LogP contribution is 2.40. The number of alkyl halides is 6. The van der Waals surface area contributed by atoms with Crippen LogP contribution in [0.4, 0.5) is 37.7 Å². The number of hydrogen-bond acceptors (Lipinski definition) is 5. The number of nitrogen functional groups attached to an aromatic ring is 1. The zero-order chi connectivity index (χ0) is 33.2. The first-order valence-corrected chi connectivity index (χ1v) is 14.2. The molecule has 0 aliphatic heterocycles. The van der Waals surface area contributed by atoms with Gasteiger partial charge in [0.2, 0.25) is 10.0 Å². The smallest absolute Gasteiger partial charge is 0.399 e. The largest absolute Gasteiger partial charge is 0.417 e. The highest BCUT2D eigenvalue weighted by atomic mass is 32.2. The van der Waals surface area contributed by atoms with E-state index < -0.39 is 38.8 Å². The molecule has 2 aromatic heterocycles. The summed E-state index contributed by atoms with van der Waals surface area (Å²) in [6.07, 6.45) is -9.19. The lowest BCUT2D eigenvalue weighted by atomic mass is 10.0. The normalized spacial score (nSPS) is 11.8. The molecule has 0 radical (unpaired) electrons. The Morgan fingerprint density at radius 2 is 1.18 bits per heavy atom. The van der Waals surface area contributed by atoms with Gasteiger partial charge >= 0.3 is 12.4 Å². The Balaban J connectivity index is 0.000000249. The number of halogens is 6. The van der Waals surface area contributed by atoms with Crippen LogP contribution in [0.5, 0.6) is 0 Å². The Labute approximate surface area is 249 Å². The minimum atomic E-state index is -4.69. The van der Waals surface area contributed by atoms with Crippen LogP contribution in [0.3, 0.4) is 0 Å².